The average molecular weight is 251 g/mol. The molecule has 1 saturated carbocycles. The molecule has 1 aliphatic carbocycles. The Labute approximate surface area is 105 Å². The summed E-state index contributed by atoms with van der Waals surface area (Å²) in [5.41, 5.74) is 2.29. The lowest BCUT2D eigenvalue weighted by Crippen LogP contribution is -2.01. The number of hydrogen-bond donors (Lipinski definition) is 0. The van der Waals surface area contributed by atoms with Crippen LogP contribution in [0, 0.1) is 12.8 Å². The van der Waals surface area contributed by atoms with Gasteiger partial charge in [0.15, 0.2) is 5.15 Å². The first-order valence-electron chi connectivity index (χ1n) is 5.92. The molecule has 0 bridgehead atoms. The van der Waals surface area contributed by atoms with Crippen LogP contribution in [0.15, 0.2) is 18.5 Å². The molecule has 0 aliphatic heterocycles. The molecule has 2 aromatic heterocycles. The number of nitrogens with zero attached hydrogens (tertiary/aromatic N) is 4. The highest BCUT2D eigenvalue weighted by atomic mass is 35.5. The molecule has 2 heterocycles. The van der Waals surface area contributed by atoms with E-state index in [-0.39, 0.29) is 0 Å². The third-order valence-electron chi connectivity index (χ3n) is 3.13. The number of aryl methyl sites for hydroxylation is 1. The van der Waals surface area contributed by atoms with Crippen LogP contribution in [0.2, 0.25) is 5.15 Å². The molecular formula is C12H15ClN4. The number of hydrogen-bond acceptors (Lipinski definition) is 2. The first-order chi connectivity index (χ1) is 8.20. The van der Waals surface area contributed by atoms with Crippen molar-refractivity contribution >= 4 is 11.6 Å². The van der Waals surface area contributed by atoms with Gasteiger partial charge in [-0.25, -0.2) is 0 Å². The number of aromatic nitrogens is 4. The Morgan fingerprint density at radius 2 is 2.18 bits per heavy atom. The van der Waals surface area contributed by atoms with E-state index >= 15 is 0 Å². The van der Waals surface area contributed by atoms with Crippen LogP contribution in [-0.4, -0.2) is 19.6 Å². The van der Waals surface area contributed by atoms with E-state index in [2.05, 4.69) is 21.1 Å². The van der Waals surface area contributed by atoms with E-state index in [4.69, 9.17) is 11.6 Å². The Morgan fingerprint density at radius 1 is 1.35 bits per heavy atom. The summed E-state index contributed by atoms with van der Waals surface area (Å²) < 4.78 is 3.90. The smallest absolute Gasteiger partial charge is 0.151 e. The zero-order valence-corrected chi connectivity index (χ0v) is 10.6. The van der Waals surface area contributed by atoms with Crippen LogP contribution < -0.4 is 0 Å². The largest absolute Gasteiger partial charge is 0.272 e. The standard InChI is InChI=1S/C12H15ClN4/c1-9-11(7-16-5-4-12(13)15-16)8-17(14-9)6-10-2-3-10/h4-5,8,10H,2-3,6-7H2,1H3. The SMILES string of the molecule is Cc1nn(CC2CC2)cc1Cn1ccc(Cl)n1. The molecule has 0 N–H and O–H groups in total. The van der Waals surface area contributed by atoms with Gasteiger partial charge in [-0.2, -0.15) is 10.2 Å². The predicted molar refractivity (Wildman–Crippen MR) is 66.0 cm³/mol. The molecule has 0 saturated heterocycles. The minimum Gasteiger partial charge on any atom is -0.272 e. The molecule has 0 unspecified atom stereocenters. The summed E-state index contributed by atoms with van der Waals surface area (Å²) in [6.07, 6.45) is 6.72. The van der Waals surface area contributed by atoms with E-state index < -0.39 is 0 Å². The second kappa shape index (κ2) is 4.18. The Hall–Kier alpha value is -1.29. The van der Waals surface area contributed by atoms with Gasteiger partial charge in [0.25, 0.3) is 0 Å². The second-order valence-electron chi connectivity index (χ2n) is 4.74. The van der Waals surface area contributed by atoms with Gasteiger partial charge in [-0.3, -0.25) is 9.36 Å². The lowest BCUT2D eigenvalue weighted by molar-refractivity contribution is 0.559. The summed E-state index contributed by atoms with van der Waals surface area (Å²) in [7, 11) is 0. The van der Waals surface area contributed by atoms with Crippen molar-refractivity contribution < 1.29 is 0 Å². The van der Waals surface area contributed by atoms with E-state index in [1.165, 1.54) is 18.4 Å². The highest BCUT2D eigenvalue weighted by Crippen LogP contribution is 2.30. The van der Waals surface area contributed by atoms with Crippen LogP contribution >= 0.6 is 11.6 Å². The van der Waals surface area contributed by atoms with Crippen LogP contribution in [0.3, 0.4) is 0 Å². The van der Waals surface area contributed by atoms with Crippen LogP contribution in [-0.2, 0) is 13.1 Å². The lowest BCUT2D eigenvalue weighted by atomic mass is 10.3. The second-order valence-corrected chi connectivity index (χ2v) is 5.13. The Bertz CT molecular complexity index is 524. The van der Waals surface area contributed by atoms with Crippen LogP contribution in [0.4, 0.5) is 0 Å². The number of rotatable bonds is 4. The van der Waals surface area contributed by atoms with Gasteiger partial charge in [0.1, 0.15) is 0 Å². The molecule has 0 radical (unpaired) electrons. The van der Waals surface area contributed by atoms with Crippen molar-refractivity contribution in [1.82, 2.24) is 19.6 Å². The zero-order valence-electron chi connectivity index (χ0n) is 9.80. The topological polar surface area (TPSA) is 35.6 Å². The van der Waals surface area contributed by atoms with Gasteiger partial charge in [-0.05, 0) is 31.7 Å². The fourth-order valence-electron chi connectivity index (χ4n) is 1.97. The van der Waals surface area contributed by atoms with Gasteiger partial charge in [0.2, 0.25) is 0 Å². The van der Waals surface area contributed by atoms with Crippen molar-refractivity contribution in [1.29, 1.82) is 0 Å². The molecule has 0 amide bonds. The molecule has 1 aliphatic rings. The van der Waals surface area contributed by atoms with Crippen molar-refractivity contribution in [3.63, 3.8) is 0 Å². The molecule has 2 aromatic rings. The summed E-state index contributed by atoms with van der Waals surface area (Å²) >= 11 is 5.80. The molecule has 3 rings (SSSR count). The van der Waals surface area contributed by atoms with Crippen LogP contribution in [0.25, 0.3) is 0 Å². The van der Waals surface area contributed by atoms with E-state index in [0.717, 1.165) is 24.7 Å². The summed E-state index contributed by atoms with van der Waals surface area (Å²) in [5, 5.41) is 9.25. The van der Waals surface area contributed by atoms with E-state index in [9.17, 15) is 0 Å². The molecule has 90 valence electrons. The maximum Gasteiger partial charge on any atom is 0.151 e. The predicted octanol–water partition coefficient (Wildman–Crippen LogP) is 2.50. The van der Waals surface area contributed by atoms with Crippen LogP contribution in [0.1, 0.15) is 24.1 Å². The zero-order chi connectivity index (χ0) is 11.8. The number of halogens is 1. The molecule has 0 spiro atoms. The maximum absolute atomic E-state index is 5.80. The summed E-state index contributed by atoms with van der Waals surface area (Å²) in [6, 6.07) is 1.80. The van der Waals surface area contributed by atoms with Gasteiger partial charge in [-0.1, -0.05) is 11.6 Å². The first kappa shape index (κ1) is 10.8. The molecule has 4 nitrogen and oxygen atoms in total. The lowest BCUT2D eigenvalue weighted by Gasteiger charge is -1.99. The molecule has 0 atom stereocenters. The van der Waals surface area contributed by atoms with Gasteiger partial charge >= 0.3 is 0 Å². The summed E-state index contributed by atoms with van der Waals surface area (Å²) in [5.74, 6) is 0.848. The van der Waals surface area contributed by atoms with E-state index in [1.54, 1.807) is 6.07 Å². The quantitative estimate of drug-likeness (QED) is 0.836. The van der Waals surface area contributed by atoms with Crippen molar-refractivity contribution in [3.8, 4) is 0 Å². The van der Waals surface area contributed by atoms with Gasteiger partial charge in [0.05, 0.1) is 12.2 Å². The molecular weight excluding hydrogens is 236 g/mol. The fourth-order valence-corrected chi connectivity index (χ4v) is 2.13. The van der Waals surface area contributed by atoms with Crippen molar-refractivity contribution in [2.75, 3.05) is 0 Å². The Morgan fingerprint density at radius 3 is 2.82 bits per heavy atom. The van der Waals surface area contributed by atoms with Gasteiger partial charge in [0, 0.05) is 24.5 Å². The van der Waals surface area contributed by atoms with Crippen LogP contribution in [0.5, 0.6) is 0 Å². The van der Waals surface area contributed by atoms with Crippen molar-refractivity contribution in [2.24, 2.45) is 5.92 Å². The fraction of sp³-hybridized carbons (Fsp3) is 0.500. The normalized spacial score (nSPS) is 15.4. The highest BCUT2D eigenvalue weighted by Gasteiger charge is 2.22. The first-order valence-corrected chi connectivity index (χ1v) is 6.30. The molecule has 1 fully saturated rings. The summed E-state index contributed by atoms with van der Waals surface area (Å²) in [6.45, 7) is 3.84. The van der Waals surface area contributed by atoms with Crippen molar-refractivity contribution in [3.05, 3.63) is 34.9 Å². The Kier molecular flexibility index (Phi) is 2.67. The monoisotopic (exact) mass is 250 g/mol. The minimum atomic E-state index is 0.535. The minimum absolute atomic E-state index is 0.535. The Balaban J connectivity index is 1.75. The highest BCUT2D eigenvalue weighted by molar-refractivity contribution is 6.29. The third kappa shape index (κ3) is 2.52. The van der Waals surface area contributed by atoms with E-state index in [1.807, 2.05) is 17.8 Å². The average Bonchev–Trinajstić information content (AvgIpc) is 2.89. The van der Waals surface area contributed by atoms with E-state index in [0.29, 0.717) is 5.15 Å². The van der Waals surface area contributed by atoms with Gasteiger partial charge in [-0.15, -0.1) is 0 Å². The maximum atomic E-state index is 5.80. The van der Waals surface area contributed by atoms with Gasteiger partial charge < -0.3 is 0 Å². The third-order valence-corrected chi connectivity index (χ3v) is 3.33. The molecule has 17 heavy (non-hydrogen) atoms. The van der Waals surface area contributed by atoms with Crippen molar-refractivity contribution in [2.45, 2.75) is 32.9 Å². The molecule has 0 aromatic carbocycles. The summed E-state index contributed by atoms with van der Waals surface area (Å²) in [4.78, 5) is 0. The molecule has 5 heteroatoms.